The van der Waals surface area contributed by atoms with Crippen molar-refractivity contribution in [1.29, 1.82) is 0 Å². The fourth-order valence-electron chi connectivity index (χ4n) is 1.84. The third-order valence-corrected chi connectivity index (χ3v) is 2.98. The number of hydrogen-bond donors (Lipinski definition) is 2. The van der Waals surface area contributed by atoms with E-state index in [9.17, 15) is 9.59 Å². The van der Waals surface area contributed by atoms with Crippen LogP contribution < -0.4 is 10.6 Å². The Balaban J connectivity index is 2.77. The first-order valence-electron chi connectivity index (χ1n) is 6.99. The minimum Gasteiger partial charge on any atom is -0.352 e. The van der Waals surface area contributed by atoms with Gasteiger partial charge >= 0.3 is 0 Å². The van der Waals surface area contributed by atoms with E-state index in [1.165, 1.54) is 0 Å². The average molecular weight is 276 g/mol. The van der Waals surface area contributed by atoms with Gasteiger partial charge in [-0.25, -0.2) is 0 Å². The fourth-order valence-corrected chi connectivity index (χ4v) is 1.84. The van der Waals surface area contributed by atoms with Gasteiger partial charge in [-0.1, -0.05) is 31.5 Å². The zero-order valence-corrected chi connectivity index (χ0v) is 12.9. The van der Waals surface area contributed by atoms with Crippen LogP contribution in [0.4, 0.5) is 0 Å². The quantitative estimate of drug-likeness (QED) is 0.866. The highest BCUT2D eigenvalue weighted by molar-refractivity contribution is 5.97. The van der Waals surface area contributed by atoms with Gasteiger partial charge in [0.05, 0.1) is 0 Å². The summed E-state index contributed by atoms with van der Waals surface area (Å²) in [6, 6.07) is 6.83. The van der Waals surface area contributed by atoms with E-state index in [0.717, 1.165) is 5.56 Å². The molecule has 1 rings (SSSR count). The maximum Gasteiger partial charge on any atom is 0.251 e. The van der Waals surface area contributed by atoms with Gasteiger partial charge in [0.1, 0.15) is 6.04 Å². The van der Waals surface area contributed by atoms with E-state index in [1.807, 2.05) is 46.8 Å². The number of aryl methyl sites for hydroxylation is 1. The van der Waals surface area contributed by atoms with Gasteiger partial charge in [-0.3, -0.25) is 9.59 Å². The van der Waals surface area contributed by atoms with Crippen LogP contribution in [-0.2, 0) is 4.79 Å². The first kappa shape index (κ1) is 16.2. The van der Waals surface area contributed by atoms with Crippen molar-refractivity contribution in [2.45, 2.75) is 46.7 Å². The molecule has 0 heterocycles. The van der Waals surface area contributed by atoms with E-state index in [1.54, 1.807) is 12.1 Å². The zero-order valence-electron chi connectivity index (χ0n) is 12.9. The first-order valence-corrected chi connectivity index (χ1v) is 6.99. The van der Waals surface area contributed by atoms with Crippen molar-refractivity contribution >= 4 is 11.8 Å². The van der Waals surface area contributed by atoms with Gasteiger partial charge < -0.3 is 10.6 Å². The summed E-state index contributed by atoms with van der Waals surface area (Å²) in [7, 11) is 0. The fraction of sp³-hybridized carbons (Fsp3) is 0.500. The number of hydrogen-bond acceptors (Lipinski definition) is 2. The molecular formula is C16H24N2O2. The third kappa shape index (κ3) is 4.68. The van der Waals surface area contributed by atoms with Gasteiger partial charge in [-0.15, -0.1) is 0 Å². The second-order valence-corrected chi connectivity index (χ2v) is 5.72. The molecule has 0 aliphatic heterocycles. The summed E-state index contributed by atoms with van der Waals surface area (Å²) in [6.45, 7) is 9.60. The molecule has 0 radical (unpaired) electrons. The summed E-state index contributed by atoms with van der Waals surface area (Å²) >= 11 is 0. The number of carbonyl (C=O) groups is 2. The molecule has 1 aromatic rings. The molecule has 0 fully saturated rings. The molecule has 4 nitrogen and oxygen atoms in total. The van der Waals surface area contributed by atoms with E-state index in [4.69, 9.17) is 0 Å². The molecule has 4 heteroatoms. The first-order chi connectivity index (χ1) is 9.31. The Kier molecular flexibility index (Phi) is 5.74. The molecule has 0 aliphatic carbocycles. The lowest BCUT2D eigenvalue weighted by Crippen LogP contribution is -2.51. The predicted octanol–water partition coefficient (Wildman–Crippen LogP) is 2.27. The van der Waals surface area contributed by atoms with Crippen LogP contribution in [0.25, 0.3) is 0 Å². The Morgan fingerprint density at radius 2 is 1.50 bits per heavy atom. The molecule has 1 aromatic carbocycles. The minimum atomic E-state index is -0.522. The highest BCUT2D eigenvalue weighted by Gasteiger charge is 2.24. The summed E-state index contributed by atoms with van der Waals surface area (Å²) in [5.74, 6) is -0.332. The van der Waals surface area contributed by atoms with Crippen LogP contribution in [0, 0.1) is 12.8 Å². The van der Waals surface area contributed by atoms with Gasteiger partial charge in [-0.2, -0.15) is 0 Å². The molecular weight excluding hydrogens is 252 g/mol. The standard InChI is InChI=1S/C16H24N2O2/c1-10(2)14(16(20)17-11(3)4)18-15(19)13-8-6-12(5)7-9-13/h6-11,14H,1-5H3,(H,17,20)(H,18,19). The molecule has 2 N–H and O–H groups in total. The largest absolute Gasteiger partial charge is 0.352 e. The van der Waals surface area contributed by atoms with E-state index >= 15 is 0 Å². The molecule has 0 spiro atoms. The monoisotopic (exact) mass is 276 g/mol. The van der Waals surface area contributed by atoms with Crippen molar-refractivity contribution in [2.75, 3.05) is 0 Å². The summed E-state index contributed by atoms with van der Waals surface area (Å²) in [4.78, 5) is 24.3. The van der Waals surface area contributed by atoms with E-state index in [0.29, 0.717) is 5.56 Å². The zero-order chi connectivity index (χ0) is 15.3. The Hall–Kier alpha value is -1.84. The predicted molar refractivity (Wildman–Crippen MR) is 80.5 cm³/mol. The highest BCUT2D eigenvalue weighted by Crippen LogP contribution is 2.07. The maximum absolute atomic E-state index is 12.2. The van der Waals surface area contributed by atoms with Gasteiger partial charge in [0.2, 0.25) is 5.91 Å². The summed E-state index contributed by atoms with van der Waals surface area (Å²) in [5, 5.41) is 5.64. The van der Waals surface area contributed by atoms with Crippen molar-refractivity contribution in [3.63, 3.8) is 0 Å². The normalized spacial score (nSPS) is 12.3. The Bertz CT molecular complexity index is 464. The lowest BCUT2D eigenvalue weighted by atomic mass is 10.0. The second-order valence-electron chi connectivity index (χ2n) is 5.72. The molecule has 0 bridgehead atoms. The number of amides is 2. The van der Waals surface area contributed by atoms with Crippen LogP contribution in [0.2, 0.25) is 0 Å². The van der Waals surface area contributed by atoms with Crippen molar-refractivity contribution in [1.82, 2.24) is 10.6 Å². The van der Waals surface area contributed by atoms with Gasteiger partial charge in [0.25, 0.3) is 5.91 Å². The van der Waals surface area contributed by atoms with Crippen LogP contribution in [0.3, 0.4) is 0 Å². The molecule has 1 atom stereocenters. The number of benzene rings is 1. The van der Waals surface area contributed by atoms with Gasteiger partial charge in [0.15, 0.2) is 0 Å². The van der Waals surface area contributed by atoms with E-state index < -0.39 is 6.04 Å². The molecule has 0 saturated carbocycles. The SMILES string of the molecule is Cc1ccc(C(=O)NC(C(=O)NC(C)C)C(C)C)cc1. The second kappa shape index (κ2) is 7.08. The molecule has 20 heavy (non-hydrogen) atoms. The topological polar surface area (TPSA) is 58.2 Å². The Morgan fingerprint density at radius 3 is 1.95 bits per heavy atom. The molecule has 0 saturated heterocycles. The lowest BCUT2D eigenvalue weighted by molar-refractivity contribution is -0.124. The molecule has 2 amide bonds. The van der Waals surface area contributed by atoms with Crippen LogP contribution in [0.15, 0.2) is 24.3 Å². The number of nitrogens with one attached hydrogen (secondary N) is 2. The number of rotatable bonds is 5. The van der Waals surface area contributed by atoms with Crippen molar-refractivity contribution < 1.29 is 9.59 Å². The van der Waals surface area contributed by atoms with Crippen molar-refractivity contribution in [3.8, 4) is 0 Å². The number of carbonyl (C=O) groups excluding carboxylic acids is 2. The summed E-state index contributed by atoms with van der Waals surface area (Å²) in [5.41, 5.74) is 1.66. The van der Waals surface area contributed by atoms with Crippen LogP contribution in [0.5, 0.6) is 0 Å². The smallest absolute Gasteiger partial charge is 0.251 e. The lowest BCUT2D eigenvalue weighted by Gasteiger charge is -2.23. The van der Waals surface area contributed by atoms with Crippen LogP contribution >= 0.6 is 0 Å². The minimum absolute atomic E-state index is 0.0307. The van der Waals surface area contributed by atoms with Crippen molar-refractivity contribution in [2.24, 2.45) is 5.92 Å². The Labute approximate surface area is 121 Å². The van der Waals surface area contributed by atoms with Crippen molar-refractivity contribution in [3.05, 3.63) is 35.4 Å². The van der Waals surface area contributed by atoms with Gasteiger partial charge in [0, 0.05) is 11.6 Å². The average Bonchev–Trinajstić information content (AvgIpc) is 2.35. The van der Waals surface area contributed by atoms with E-state index in [-0.39, 0.29) is 23.8 Å². The molecule has 0 aromatic heterocycles. The Morgan fingerprint density at radius 1 is 0.950 bits per heavy atom. The van der Waals surface area contributed by atoms with Gasteiger partial charge in [-0.05, 0) is 38.8 Å². The van der Waals surface area contributed by atoms with Crippen LogP contribution in [-0.4, -0.2) is 23.9 Å². The highest BCUT2D eigenvalue weighted by atomic mass is 16.2. The third-order valence-electron chi connectivity index (χ3n) is 2.98. The summed E-state index contributed by atoms with van der Waals surface area (Å²) < 4.78 is 0. The summed E-state index contributed by atoms with van der Waals surface area (Å²) in [6.07, 6.45) is 0. The molecule has 0 aliphatic rings. The van der Waals surface area contributed by atoms with E-state index in [2.05, 4.69) is 10.6 Å². The van der Waals surface area contributed by atoms with Crippen LogP contribution in [0.1, 0.15) is 43.6 Å². The molecule has 1 unspecified atom stereocenters. The molecule has 110 valence electrons. The maximum atomic E-state index is 12.2.